The third-order valence-electron chi connectivity index (χ3n) is 2.95. The number of nitrogens with zero attached hydrogens (tertiary/aromatic N) is 1. The van der Waals surface area contributed by atoms with Crippen LogP contribution in [0.25, 0.3) is 21.8 Å². The maximum atomic E-state index is 3.27. The maximum absolute atomic E-state index is 3.27. The van der Waals surface area contributed by atoms with Gasteiger partial charge >= 0.3 is 0 Å². The van der Waals surface area contributed by atoms with Crippen LogP contribution in [0.4, 0.5) is 0 Å². The number of hydrogen-bond acceptors (Lipinski definition) is 0. The fraction of sp³-hybridized carbons (Fsp3) is 0.167. The lowest BCUT2D eigenvalue weighted by molar-refractivity contribution is 1.01. The lowest BCUT2D eigenvalue weighted by atomic mass is 10.2. The first-order valence-corrected chi connectivity index (χ1v) is 4.80. The summed E-state index contributed by atoms with van der Waals surface area (Å²) >= 11 is 0. The van der Waals surface area contributed by atoms with Crippen molar-refractivity contribution in [3.8, 4) is 0 Å². The molecule has 2 heteroatoms. The fourth-order valence-electron chi connectivity index (χ4n) is 2.22. The number of H-pyrrole nitrogens is 1. The van der Waals surface area contributed by atoms with Crippen molar-refractivity contribution in [3.05, 3.63) is 36.2 Å². The van der Waals surface area contributed by atoms with Gasteiger partial charge in [-0.1, -0.05) is 18.2 Å². The minimum atomic E-state index is 1.25. The second kappa shape index (κ2) is 2.41. The molecule has 0 saturated carbocycles. The summed E-state index contributed by atoms with van der Waals surface area (Å²) in [5.41, 5.74) is 3.83. The molecule has 1 aromatic carbocycles. The summed E-state index contributed by atoms with van der Waals surface area (Å²) < 4.78 is 2.23. The monoisotopic (exact) mass is 184 g/mol. The van der Waals surface area contributed by atoms with Crippen LogP contribution in [0, 0.1) is 6.92 Å². The molecule has 3 aromatic rings. The average molecular weight is 184 g/mol. The van der Waals surface area contributed by atoms with E-state index in [0.717, 1.165) is 0 Å². The van der Waals surface area contributed by atoms with Crippen LogP contribution in [0.2, 0.25) is 0 Å². The van der Waals surface area contributed by atoms with E-state index >= 15 is 0 Å². The van der Waals surface area contributed by atoms with E-state index in [-0.39, 0.29) is 0 Å². The lowest BCUT2D eigenvalue weighted by Crippen LogP contribution is -1.84. The van der Waals surface area contributed by atoms with E-state index < -0.39 is 0 Å². The molecule has 2 heterocycles. The molecule has 0 saturated heterocycles. The molecule has 2 aromatic heterocycles. The van der Waals surface area contributed by atoms with E-state index in [1.54, 1.807) is 0 Å². The Hall–Kier alpha value is -1.70. The number of aromatic nitrogens is 2. The fourth-order valence-corrected chi connectivity index (χ4v) is 2.22. The van der Waals surface area contributed by atoms with E-state index in [0.29, 0.717) is 0 Å². The van der Waals surface area contributed by atoms with Crippen molar-refractivity contribution in [2.75, 3.05) is 0 Å². The van der Waals surface area contributed by atoms with E-state index in [1.165, 1.54) is 27.5 Å². The molecule has 0 atom stereocenters. The van der Waals surface area contributed by atoms with Crippen molar-refractivity contribution in [2.24, 2.45) is 7.05 Å². The van der Waals surface area contributed by atoms with Crippen LogP contribution in [0.3, 0.4) is 0 Å². The Morgan fingerprint density at radius 2 is 1.93 bits per heavy atom. The summed E-state index contributed by atoms with van der Waals surface area (Å²) in [6.45, 7) is 2.12. The summed E-state index contributed by atoms with van der Waals surface area (Å²) in [5.74, 6) is 0. The number of fused-ring (bicyclic) bond motifs is 3. The van der Waals surface area contributed by atoms with Crippen molar-refractivity contribution in [1.29, 1.82) is 0 Å². The van der Waals surface area contributed by atoms with E-state index in [1.807, 2.05) is 0 Å². The minimum Gasteiger partial charge on any atom is -0.363 e. The Morgan fingerprint density at radius 3 is 2.79 bits per heavy atom. The Balaban J connectivity index is 2.70. The molecule has 0 fully saturated rings. The van der Waals surface area contributed by atoms with Crippen LogP contribution in [-0.4, -0.2) is 9.55 Å². The molecule has 0 aliphatic rings. The van der Waals surface area contributed by atoms with E-state index in [9.17, 15) is 0 Å². The van der Waals surface area contributed by atoms with Gasteiger partial charge in [-0.2, -0.15) is 0 Å². The molecular weight excluding hydrogens is 172 g/mol. The van der Waals surface area contributed by atoms with Gasteiger partial charge in [0, 0.05) is 35.2 Å². The summed E-state index contributed by atoms with van der Waals surface area (Å²) in [7, 11) is 2.11. The SMILES string of the molecule is Cc1[nH]cc2c1c1ccccc1n2C. The smallest absolute Gasteiger partial charge is 0.0669 e. The van der Waals surface area contributed by atoms with Crippen LogP contribution < -0.4 is 0 Å². The summed E-state index contributed by atoms with van der Waals surface area (Å²) in [4.78, 5) is 3.27. The van der Waals surface area contributed by atoms with Gasteiger partial charge in [-0.25, -0.2) is 0 Å². The topological polar surface area (TPSA) is 20.7 Å². The number of nitrogens with one attached hydrogen (secondary N) is 1. The van der Waals surface area contributed by atoms with Gasteiger partial charge in [0.2, 0.25) is 0 Å². The summed E-state index contributed by atoms with van der Waals surface area (Å²) in [6.07, 6.45) is 2.07. The first-order valence-electron chi connectivity index (χ1n) is 4.80. The van der Waals surface area contributed by atoms with Crippen LogP contribution in [0.1, 0.15) is 5.69 Å². The molecule has 0 amide bonds. The number of aryl methyl sites for hydroxylation is 2. The van der Waals surface area contributed by atoms with E-state index in [2.05, 4.69) is 54.0 Å². The van der Waals surface area contributed by atoms with Gasteiger partial charge in [0.15, 0.2) is 0 Å². The highest BCUT2D eigenvalue weighted by Crippen LogP contribution is 2.29. The molecule has 2 nitrogen and oxygen atoms in total. The molecule has 0 aliphatic carbocycles. The Morgan fingerprint density at radius 1 is 1.14 bits per heavy atom. The van der Waals surface area contributed by atoms with Gasteiger partial charge in [-0.15, -0.1) is 0 Å². The van der Waals surface area contributed by atoms with Crippen molar-refractivity contribution >= 4 is 21.8 Å². The van der Waals surface area contributed by atoms with Crippen LogP contribution in [0.15, 0.2) is 30.5 Å². The second-order valence-electron chi connectivity index (χ2n) is 3.75. The van der Waals surface area contributed by atoms with Crippen molar-refractivity contribution in [3.63, 3.8) is 0 Å². The zero-order chi connectivity index (χ0) is 9.71. The molecule has 70 valence electrons. The lowest BCUT2D eigenvalue weighted by Gasteiger charge is -1.95. The second-order valence-corrected chi connectivity index (χ2v) is 3.75. The predicted molar refractivity (Wildman–Crippen MR) is 59.5 cm³/mol. The molecule has 0 spiro atoms. The standard InChI is InChI=1S/C12H12N2/c1-8-12-9-5-3-4-6-10(9)14(2)11(12)7-13-8/h3-7,13H,1-2H3. The number of aromatic amines is 1. The van der Waals surface area contributed by atoms with Gasteiger partial charge in [-0.05, 0) is 13.0 Å². The molecule has 0 aliphatic heterocycles. The van der Waals surface area contributed by atoms with Gasteiger partial charge in [0.05, 0.1) is 5.52 Å². The first-order chi connectivity index (χ1) is 6.79. The van der Waals surface area contributed by atoms with Crippen LogP contribution in [-0.2, 0) is 7.05 Å². The minimum absolute atomic E-state index is 1.25. The molecule has 0 bridgehead atoms. The highest BCUT2D eigenvalue weighted by molar-refractivity contribution is 6.09. The third kappa shape index (κ3) is 0.757. The summed E-state index contributed by atoms with van der Waals surface area (Å²) in [5, 5.41) is 2.69. The molecule has 0 unspecified atom stereocenters. The van der Waals surface area contributed by atoms with Gasteiger partial charge < -0.3 is 9.55 Å². The first kappa shape index (κ1) is 7.68. The van der Waals surface area contributed by atoms with Crippen molar-refractivity contribution in [2.45, 2.75) is 6.92 Å². The predicted octanol–water partition coefficient (Wildman–Crippen LogP) is 2.97. The number of benzene rings is 1. The van der Waals surface area contributed by atoms with Crippen LogP contribution in [0.5, 0.6) is 0 Å². The Kier molecular flexibility index (Phi) is 1.32. The Labute approximate surface area is 82.2 Å². The highest BCUT2D eigenvalue weighted by Gasteiger charge is 2.09. The number of hydrogen-bond donors (Lipinski definition) is 1. The van der Waals surface area contributed by atoms with E-state index in [4.69, 9.17) is 0 Å². The quantitative estimate of drug-likeness (QED) is 0.554. The molecule has 3 rings (SSSR count). The van der Waals surface area contributed by atoms with Gasteiger partial charge in [-0.3, -0.25) is 0 Å². The maximum Gasteiger partial charge on any atom is 0.0669 e. The zero-order valence-electron chi connectivity index (χ0n) is 8.33. The highest BCUT2D eigenvalue weighted by atomic mass is 15.0. The van der Waals surface area contributed by atoms with Crippen molar-refractivity contribution < 1.29 is 0 Å². The van der Waals surface area contributed by atoms with Gasteiger partial charge in [0.1, 0.15) is 0 Å². The third-order valence-corrected chi connectivity index (χ3v) is 2.95. The normalized spacial score (nSPS) is 11.6. The summed E-state index contributed by atoms with van der Waals surface area (Å²) in [6, 6.07) is 8.52. The van der Waals surface area contributed by atoms with Crippen LogP contribution >= 0.6 is 0 Å². The van der Waals surface area contributed by atoms with Crippen molar-refractivity contribution in [1.82, 2.24) is 9.55 Å². The number of para-hydroxylation sites is 1. The molecular formula is C12H12N2. The largest absolute Gasteiger partial charge is 0.363 e. The molecule has 1 N–H and O–H groups in total. The van der Waals surface area contributed by atoms with Gasteiger partial charge in [0.25, 0.3) is 0 Å². The average Bonchev–Trinajstić information content (AvgIpc) is 2.70. The molecule has 0 radical (unpaired) electrons. The zero-order valence-corrected chi connectivity index (χ0v) is 8.33. The molecule has 14 heavy (non-hydrogen) atoms. The number of rotatable bonds is 0. The Bertz CT molecular complexity index is 614.